The first-order chi connectivity index (χ1) is 6.22. The Morgan fingerprint density at radius 2 is 2.23 bits per heavy atom. The second-order valence-corrected chi connectivity index (χ2v) is 4.15. The van der Waals surface area contributed by atoms with Crippen LogP contribution in [0.15, 0.2) is 12.0 Å². The summed E-state index contributed by atoms with van der Waals surface area (Å²) in [5.41, 5.74) is 0. The standard InChI is InChI=1S/C10H18O2S/c1-3-5-6-7-8-9(10(11)12)13-4-2/h4,9H,2-3,5-8H2,1H3,(H,11,12). The molecular weight excluding hydrogens is 184 g/mol. The van der Waals surface area contributed by atoms with Gasteiger partial charge in [0.05, 0.1) is 0 Å². The predicted octanol–water partition coefficient (Wildman–Crippen LogP) is 3.29. The molecule has 2 nitrogen and oxygen atoms in total. The largest absolute Gasteiger partial charge is 0.480 e. The fourth-order valence-corrected chi connectivity index (χ4v) is 1.77. The van der Waals surface area contributed by atoms with Gasteiger partial charge in [-0.05, 0) is 11.8 Å². The monoisotopic (exact) mass is 202 g/mol. The smallest absolute Gasteiger partial charge is 0.316 e. The summed E-state index contributed by atoms with van der Waals surface area (Å²) in [7, 11) is 0. The van der Waals surface area contributed by atoms with Crippen molar-refractivity contribution in [2.24, 2.45) is 0 Å². The zero-order chi connectivity index (χ0) is 10.1. The van der Waals surface area contributed by atoms with E-state index in [-0.39, 0.29) is 5.25 Å². The van der Waals surface area contributed by atoms with E-state index in [9.17, 15) is 4.79 Å². The first-order valence-electron chi connectivity index (χ1n) is 4.71. The summed E-state index contributed by atoms with van der Waals surface area (Å²) < 4.78 is 0. The number of hydrogen-bond acceptors (Lipinski definition) is 2. The van der Waals surface area contributed by atoms with Crippen LogP contribution in [0, 0.1) is 0 Å². The molecule has 13 heavy (non-hydrogen) atoms. The van der Waals surface area contributed by atoms with Gasteiger partial charge in [0.1, 0.15) is 5.25 Å². The molecule has 0 bridgehead atoms. The number of rotatable bonds is 8. The van der Waals surface area contributed by atoms with E-state index in [0.717, 1.165) is 19.3 Å². The normalized spacial score (nSPS) is 12.4. The van der Waals surface area contributed by atoms with Crippen LogP contribution in [0.25, 0.3) is 0 Å². The zero-order valence-corrected chi connectivity index (χ0v) is 8.98. The lowest BCUT2D eigenvalue weighted by Gasteiger charge is -2.08. The van der Waals surface area contributed by atoms with E-state index in [1.165, 1.54) is 24.6 Å². The van der Waals surface area contributed by atoms with Crippen LogP contribution in [-0.4, -0.2) is 16.3 Å². The maximum atomic E-state index is 10.7. The number of carboxylic acid groups (broad SMARTS) is 1. The highest BCUT2D eigenvalue weighted by atomic mass is 32.2. The Kier molecular flexibility index (Phi) is 7.90. The van der Waals surface area contributed by atoms with Crippen molar-refractivity contribution >= 4 is 17.7 Å². The number of hydrogen-bond donors (Lipinski definition) is 1. The molecule has 0 aliphatic carbocycles. The first-order valence-corrected chi connectivity index (χ1v) is 5.65. The zero-order valence-electron chi connectivity index (χ0n) is 8.16. The molecule has 0 aromatic heterocycles. The molecular formula is C10H18O2S. The highest BCUT2D eigenvalue weighted by Crippen LogP contribution is 2.18. The summed E-state index contributed by atoms with van der Waals surface area (Å²) in [5, 5.41) is 10.1. The Bertz CT molecular complexity index is 157. The van der Waals surface area contributed by atoms with Gasteiger partial charge in [0, 0.05) is 0 Å². The van der Waals surface area contributed by atoms with Gasteiger partial charge < -0.3 is 5.11 Å². The number of thioether (sulfide) groups is 1. The fraction of sp³-hybridized carbons (Fsp3) is 0.700. The maximum Gasteiger partial charge on any atom is 0.316 e. The Morgan fingerprint density at radius 3 is 2.69 bits per heavy atom. The number of carbonyl (C=O) groups is 1. The van der Waals surface area contributed by atoms with Crippen LogP contribution in [0.2, 0.25) is 0 Å². The van der Waals surface area contributed by atoms with Gasteiger partial charge in [-0.3, -0.25) is 4.79 Å². The molecule has 0 aliphatic rings. The molecule has 1 N–H and O–H groups in total. The predicted molar refractivity (Wildman–Crippen MR) is 58.0 cm³/mol. The SMILES string of the molecule is C=CSC(CCCCCC)C(=O)O. The van der Waals surface area contributed by atoms with E-state index in [1.54, 1.807) is 5.41 Å². The lowest BCUT2D eigenvalue weighted by Crippen LogP contribution is -2.15. The second kappa shape index (κ2) is 8.17. The highest BCUT2D eigenvalue weighted by molar-refractivity contribution is 8.03. The van der Waals surface area contributed by atoms with E-state index in [0.29, 0.717) is 0 Å². The molecule has 1 unspecified atom stereocenters. The van der Waals surface area contributed by atoms with Crippen molar-refractivity contribution in [3.63, 3.8) is 0 Å². The summed E-state index contributed by atoms with van der Waals surface area (Å²) in [6.07, 6.45) is 5.28. The third-order valence-corrected chi connectivity index (χ3v) is 2.81. The molecule has 3 heteroatoms. The Hall–Kier alpha value is -0.440. The summed E-state index contributed by atoms with van der Waals surface area (Å²) in [4.78, 5) is 10.7. The molecule has 0 aromatic rings. The first kappa shape index (κ1) is 12.6. The molecule has 0 amide bonds. The van der Waals surface area contributed by atoms with Crippen molar-refractivity contribution in [3.05, 3.63) is 12.0 Å². The fourth-order valence-electron chi connectivity index (χ4n) is 1.12. The summed E-state index contributed by atoms with van der Waals surface area (Å²) in [5.74, 6) is -0.721. The molecule has 0 saturated carbocycles. The second-order valence-electron chi connectivity index (χ2n) is 2.98. The van der Waals surface area contributed by atoms with E-state index in [1.807, 2.05) is 0 Å². The Morgan fingerprint density at radius 1 is 1.54 bits per heavy atom. The Labute approximate surface area is 84.4 Å². The van der Waals surface area contributed by atoms with Gasteiger partial charge in [0.25, 0.3) is 0 Å². The molecule has 0 spiro atoms. The molecule has 0 aromatic carbocycles. The molecule has 76 valence electrons. The van der Waals surface area contributed by atoms with Gasteiger partial charge in [0.15, 0.2) is 0 Å². The van der Waals surface area contributed by atoms with Gasteiger partial charge in [-0.2, -0.15) is 0 Å². The minimum Gasteiger partial charge on any atom is -0.480 e. The topological polar surface area (TPSA) is 37.3 Å². The number of aliphatic carboxylic acids is 1. The van der Waals surface area contributed by atoms with E-state index >= 15 is 0 Å². The number of unbranched alkanes of at least 4 members (excludes halogenated alkanes) is 3. The van der Waals surface area contributed by atoms with Gasteiger partial charge in [-0.1, -0.05) is 39.2 Å². The van der Waals surface area contributed by atoms with Crippen LogP contribution < -0.4 is 0 Å². The summed E-state index contributed by atoms with van der Waals surface area (Å²) in [6, 6.07) is 0. The Balaban J connectivity index is 3.56. The summed E-state index contributed by atoms with van der Waals surface area (Å²) in [6.45, 7) is 5.67. The van der Waals surface area contributed by atoms with Crippen molar-refractivity contribution in [1.29, 1.82) is 0 Å². The third kappa shape index (κ3) is 6.70. The van der Waals surface area contributed by atoms with Crippen LogP contribution in [-0.2, 0) is 4.79 Å². The maximum absolute atomic E-state index is 10.7. The van der Waals surface area contributed by atoms with Gasteiger partial charge >= 0.3 is 5.97 Å². The quantitative estimate of drug-likeness (QED) is 0.614. The number of carboxylic acids is 1. The van der Waals surface area contributed by atoms with Crippen LogP contribution in [0.5, 0.6) is 0 Å². The molecule has 1 atom stereocenters. The summed E-state index contributed by atoms with van der Waals surface area (Å²) >= 11 is 1.31. The van der Waals surface area contributed by atoms with Crippen LogP contribution >= 0.6 is 11.8 Å². The van der Waals surface area contributed by atoms with Gasteiger partial charge in [-0.25, -0.2) is 0 Å². The van der Waals surface area contributed by atoms with E-state index < -0.39 is 5.97 Å². The van der Waals surface area contributed by atoms with Crippen LogP contribution in [0.4, 0.5) is 0 Å². The highest BCUT2D eigenvalue weighted by Gasteiger charge is 2.15. The molecule has 0 radical (unpaired) electrons. The van der Waals surface area contributed by atoms with Crippen molar-refractivity contribution in [2.45, 2.75) is 44.3 Å². The molecule has 0 saturated heterocycles. The molecule has 0 rings (SSSR count). The minimum absolute atomic E-state index is 0.297. The van der Waals surface area contributed by atoms with Crippen molar-refractivity contribution < 1.29 is 9.90 Å². The molecule has 0 fully saturated rings. The van der Waals surface area contributed by atoms with Gasteiger partial charge in [-0.15, -0.1) is 11.8 Å². The van der Waals surface area contributed by atoms with Crippen molar-refractivity contribution in [3.8, 4) is 0 Å². The third-order valence-electron chi connectivity index (χ3n) is 1.86. The van der Waals surface area contributed by atoms with Crippen LogP contribution in [0.3, 0.4) is 0 Å². The van der Waals surface area contributed by atoms with E-state index in [2.05, 4.69) is 13.5 Å². The average molecular weight is 202 g/mol. The minimum atomic E-state index is -0.721. The molecule has 0 heterocycles. The lowest BCUT2D eigenvalue weighted by atomic mass is 10.1. The lowest BCUT2D eigenvalue weighted by molar-refractivity contribution is -0.136. The van der Waals surface area contributed by atoms with Gasteiger partial charge in [0.2, 0.25) is 0 Å². The molecule has 0 aliphatic heterocycles. The average Bonchev–Trinajstić information content (AvgIpc) is 2.10. The van der Waals surface area contributed by atoms with Crippen molar-refractivity contribution in [1.82, 2.24) is 0 Å². The van der Waals surface area contributed by atoms with E-state index in [4.69, 9.17) is 5.11 Å². The van der Waals surface area contributed by atoms with Crippen LogP contribution in [0.1, 0.15) is 39.0 Å². The van der Waals surface area contributed by atoms with Crippen molar-refractivity contribution in [2.75, 3.05) is 0 Å².